The van der Waals surface area contributed by atoms with Gasteiger partial charge in [-0.1, -0.05) is 18.2 Å². The van der Waals surface area contributed by atoms with Crippen molar-refractivity contribution in [1.29, 1.82) is 0 Å². The number of hydrogen-bond donors (Lipinski definition) is 2. The van der Waals surface area contributed by atoms with Crippen molar-refractivity contribution in [2.24, 2.45) is 0 Å². The van der Waals surface area contributed by atoms with Gasteiger partial charge in [0.1, 0.15) is 5.75 Å². The smallest absolute Gasteiger partial charge is 0.262 e. The Labute approximate surface area is 132 Å². The van der Waals surface area contributed by atoms with Crippen molar-refractivity contribution < 1.29 is 19.1 Å². The van der Waals surface area contributed by atoms with Gasteiger partial charge in [0.15, 0.2) is 6.61 Å². The van der Waals surface area contributed by atoms with Gasteiger partial charge in [0.05, 0.1) is 11.1 Å². The van der Waals surface area contributed by atoms with Crippen molar-refractivity contribution in [2.45, 2.75) is 6.92 Å². The molecule has 0 aromatic heterocycles. The highest BCUT2D eigenvalue weighted by atomic mass is 16.5. The number of para-hydroxylation sites is 1. The second-order valence-corrected chi connectivity index (χ2v) is 5.15. The van der Waals surface area contributed by atoms with Gasteiger partial charge in [-0.15, -0.1) is 0 Å². The molecule has 6 heteroatoms. The molecule has 0 bridgehead atoms. The van der Waals surface area contributed by atoms with Gasteiger partial charge >= 0.3 is 0 Å². The molecule has 0 aliphatic carbocycles. The third-order valence-corrected chi connectivity index (χ3v) is 3.47. The lowest BCUT2D eigenvalue weighted by molar-refractivity contribution is -0.118. The minimum Gasteiger partial charge on any atom is -0.483 e. The van der Waals surface area contributed by atoms with Crippen LogP contribution in [0, 0.1) is 6.92 Å². The highest BCUT2D eigenvalue weighted by Gasteiger charge is 2.26. The second kappa shape index (κ2) is 5.92. The average Bonchev–Trinajstić information content (AvgIpc) is 2.81. The predicted molar refractivity (Wildman–Crippen MR) is 83.5 cm³/mol. The van der Waals surface area contributed by atoms with Crippen LogP contribution in [0.1, 0.15) is 26.3 Å². The predicted octanol–water partition coefficient (Wildman–Crippen LogP) is 1.90. The monoisotopic (exact) mass is 310 g/mol. The lowest BCUT2D eigenvalue weighted by atomic mass is 10.1. The molecule has 2 aromatic rings. The molecule has 0 spiro atoms. The molecule has 0 radical (unpaired) electrons. The van der Waals surface area contributed by atoms with Crippen LogP contribution in [0.4, 0.5) is 5.69 Å². The summed E-state index contributed by atoms with van der Waals surface area (Å²) in [6.07, 6.45) is 0. The number of aryl methyl sites for hydroxylation is 1. The number of carbonyl (C=O) groups is 3. The van der Waals surface area contributed by atoms with E-state index in [4.69, 9.17) is 4.74 Å². The Morgan fingerprint density at radius 3 is 2.61 bits per heavy atom. The molecule has 1 heterocycles. The van der Waals surface area contributed by atoms with Crippen molar-refractivity contribution in [3.05, 3.63) is 59.2 Å². The van der Waals surface area contributed by atoms with Crippen molar-refractivity contribution in [1.82, 2.24) is 5.32 Å². The first-order chi connectivity index (χ1) is 11.0. The molecule has 2 N–H and O–H groups in total. The fourth-order valence-corrected chi connectivity index (χ4v) is 2.30. The maximum atomic E-state index is 11.9. The number of rotatable bonds is 4. The molecule has 1 aliphatic heterocycles. The van der Waals surface area contributed by atoms with Crippen LogP contribution in [0.25, 0.3) is 0 Å². The van der Waals surface area contributed by atoms with Crippen LogP contribution in [0.5, 0.6) is 5.75 Å². The minimum atomic E-state index is -0.461. The van der Waals surface area contributed by atoms with Crippen molar-refractivity contribution in [2.75, 3.05) is 11.9 Å². The Morgan fingerprint density at radius 2 is 1.83 bits per heavy atom. The molecule has 23 heavy (non-hydrogen) atoms. The zero-order valence-electron chi connectivity index (χ0n) is 12.4. The molecule has 3 amide bonds. The summed E-state index contributed by atoms with van der Waals surface area (Å²) < 4.78 is 5.46. The Balaban J connectivity index is 1.65. The van der Waals surface area contributed by atoms with Crippen molar-refractivity contribution in [3.63, 3.8) is 0 Å². The molecule has 1 aliphatic rings. The third-order valence-electron chi connectivity index (χ3n) is 3.47. The summed E-state index contributed by atoms with van der Waals surface area (Å²) in [4.78, 5) is 35.0. The van der Waals surface area contributed by atoms with Gasteiger partial charge in [0.2, 0.25) is 0 Å². The summed E-state index contributed by atoms with van der Waals surface area (Å²) in [6.45, 7) is 1.75. The third kappa shape index (κ3) is 3.06. The van der Waals surface area contributed by atoms with Gasteiger partial charge in [0.25, 0.3) is 17.7 Å². The molecule has 0 unspecified atom stereocenters. The Kier molecular flexibility index (Phi) is 3.80. The highest BCUT2D eigenvalue weighted by Crippen LogP contribution is 2.20. The summed E-state index contributed by atoms with van der Waals surface area (Å²) in [5, 5.41) is 4.84. The van der Waals surface area contributed by atoms with Crippen LogP contribution in [0.3, 0.4) is 0 Å². The molecule has 6 nitrogen and oxygen atoms in total. The van der Waals surface area contributed by atoms with Crippen LogP contribution in [0.15, 0.2) is 42.5 Å². The standard InChI is InChI=1S/C17H14N2O4/c1-10-4-2-3-5-14(10)23-9-15(20)18-11-6-7-12-13(8-11)17(22)19-16(12)21/h2-8H,9H2,1H3,(H,18,20)(H,19,21,22). The number of amides is 3. The number of carbonyl (C=O) groups excluding carboxylic acids is 3. The summed E-state index contributed by atoms with van der Waals surface area (Å²) in [5.74, 6) is -0.595. The largest absolute Gasteiger partial charge is 0.483 e. The SMILES string of the molecule is Cc1ccccc1OCC(=O)Nc1ccc2c(c1)C(=O)NC2=O. The van der Waals surface area contributed by atoms with E-state index in [1.165, 1.54) is 12.1 Å². The Bertz CT molecular complexity index is 814. The maximum Gasteiger partial charge on any atom is 0.262 e. The summed E-state index contributed by atoms with van der Waals surface area (Å²) in [5.41, 5.74) is 1.94. The molecule has 3 rings (SSSR count). The summed E-state index contributed by atoms with van der Waals surface area (Å²) in [6, 6.07) is 11.9. The number of fused-ring (bicyclic) bond motifs is 1. The van der Waals surface area contributed by atoms with Crippen molar-refractivity contribution >= 4 is 23.4 Å². The summed E-state index contributed by atoms with van der Waals surface area (Å²) >= 11 is 0. The van der Waals surface area contributed by atoms with Crippen LogP contribution >= 0.6 is 0 Å². The second-order valence-electron chi connectivity index (χ2n) is 5.15. The quantitative estimate of drug-likeness (QED) is 0.845. The molecular weight excluding hydrogens is 296 g/mol. The normalized spacial score (nSPS) is 12.6. The van der Waals surface area contributed by atoms with Gasteiger partial charge in [0, 0.05) is 5.69 Å². The first-order valence-corrected chi connectivity index (χ1v) is 7.02. The van der Waals surface area contributed by atoms with E-state index in [9.17, 15) is 14.4 Å². The fraction of sp³-hybridized carbons (Fsp3) is 0.118. The number of ether oxygens (including phenoxy) is 1. The zero-order valence-corrected chi connectivity index (χ0v) is 12.4. The topological polar surface area (TPSA) is 84.5 Å². The van der Waals surface area contributed by atoms with E-state index in [0.717, 1.165) is 5.56 Å². The maximum absolute atomic E-state index is 11.9. The van der Waals surface area contributed by atoms with E-state index in [-0.39, 0.29) is 18.1 Å². The molecule has 0 saturated carbocycles. The number of imide groups is 1. The molecule has 0 atom stereocenters. The Morgan fingerprint density at radius 1 is 1.09 bits per heavy atom. The number of anilines is 1. The van der Waals surface area contributed by atoms with Crippen LogP contribution < -0.4 is 15.4 Å². The number of benzene rings is 2. The van der Waals surface area contributed by atoms with E-state index >= 15 is 0 Å². The first kappa shape index (κ1) is 14.8. The first-order valence-electron chi connectivity index (χ1n) is 7.02. The van der Waals surface area contributed by atoms with Gasteiger partial charge in [-0.05, 0) is 36.8 Å². The molecule has 0 fully saturated rings. The highest BCUT2D eigenvalue weighted by molar-refractivity contribution is 6.22. The average molecular weight is 310 g/mol. The van der Waals surface area contributed by atoms with Crippen LogP contribution in [-0.4, -0.2) is 24.3 Å². The lowest BCUT2D eigenvalue weighted by Gasteiger charge is -2.09. The van der Waals surface area contributed by atoms with Gasteiger partial charge in [-0.3, -0.25) is 19.7 Å². The van der Waals surface area contributed by atoms with Crippen LogP contribution in [0.2, 0.25) is 0 Å². The van der Waals surface area contributed by atoms with Crippen LogP contribution in [-0.2, 0) is 4.79 Å². The van der Waals surface area contributed by atoms with E-state index in [1.807, 2.05) is 25.1 Å². The zero-order chi connectivity index (χ0) is 16.4. The lowest BCUT2D eigenvalue weighted by Crippen LogP contribution is -2.20. The number of nitrogens with one attached hydrogen (secondary N) is 2. The van der Waals surface area contributed by atoms with Gasteiger partial charge < -0.3 is 10.1 Å². The molecule has 0 saturated heterocycles. The number of hydrogen-bond acceptors (Lipinski definition) is 4. The minimum absolute atomic E-state index is 0.146. The van der Waals surface area contributed by atoms with E-state index in [0.29, 0.717) is 17.0 Å². The Hall–Kier alpha value is -3.15. The van der Waals surface area contributed by atoms with Gasteiger partial charge in [-0.2, -0.15) is 0 Å². The fourth-order valence-electron chi connectivity index (χ4n) is 2.30. The van der Waals surface area contributed by atoms with E-state index < -0.39 is 11.8 Å². The van der Waals surface area contributed by atoms with E-state index in [2.05, 4.69) is 10.6 Å². The van der Waals surface area contributed by atoms with Crippen molar-refractivity contribution in [3.8, 4) is 5.75 Å². The summed E-state index contributed by atoms with van der Waals surface area (Å²) in [7, 11) is 0. The van der Waals surface area contributed by atoms with E-state index in [1.54, 1.807) is 12.1 Å². The molecule has 116 valence electrons. The van der Waals surface area contributed by atoms with Gasteiger partial charge in [-0.25, -0.2) is 0 Å². The molecular formula is C17H14N2O4. The molecule has 2 aromatic carbocycles.